The lowest BCUT2D eigenvalue weighted by atomic mass is 10.2. The number of aryl methyl sites for hydroxylation is 1. The zero-order valence-corrected chi connectivity index (χ0v) is 18.9. The van der Waals surface area contributed by atoms with Crippen LogP contribution < -0.4 is 10.2 Å². The molecule has 1 N–H and O–H groups in total. The number of halogens is 1. The molecule has 2 aromatic rings. The van der Waals surface area contributed by atoms with Gasteiger partial charge in [0.25, 0.3) is 0 Å². The molecule has 2 heterocycles. The number of para-hydroxylation sites is 1. The third-order valence-electron chi connectivity index (χ3n) is 5.28. The van der Waals surface area contributed by atoms with E-state index < -0.39 is 0 Å². The lowest BCUT2D eigenvalue weighted by Crippen LogP contribution is -2.52. The number of nitrogens with one attached hydrogen (secondary N) is 1. The Labute approximate surface area is 183 Å². The van der Waals surface area contributed by atoms with Gasteiger partial charge in [-0.05, 0) is 32.4 Å². The first kappa shape index (κ1) is 22.4. The van der Waals surface area contributed by atoms with Crippen molar-refractivity contribution in [2.75, 3.05) is 50.8 Å². The lowest BCUT2D eigenvalue weighted by Gasteiger charge is -2.38. The SMILES string of the molecule is CCOCCCNC(=NCc1nnc(C)n1C)N1CCN(c2ccccc2Cl)CC1. The molecule has 30 heavy (non-hydrogen) atoms. The normalized spacial score (nSPS) is 15.0. The number of hydrogen-bond donors (Lipinski definition) is 1. The summed E-state index contributed by atoms with van der Waals surface area (Å²) in [7, 11) is 1.97. The van der Waals surface area contributed by atoms with E-state index >= 15 is 0 Å². The Kier molecular flexibility index (Phi) is 8.33. The molecule has 8 nitrogen and oxygen atoms in total. The molecule has 0 atom stereocenters. The Morgan fingerprint density at radius 1 is 1.20 bits per heavy atom. The van der Waals surface area contributed by atoms with Crippen LogP contribution in [-0.2, 0) is 18.3 Å². The molecular formula is C21H32ClN7O. The van der Waals surface area contributed by atoms with Gasteiger partial charge in [-0.2, -0.15) is 0 Å². The van der Waals surface area contributed by atoms with Gasteiger partial charge in [-0.15, -0.1) is 10.2 Å². The van der Waals surface area contributed by atoms with Crippen LogP contribution in [0.3, 0.4) is 0 Å². The van der Waals surface area contributed by atoms with E-state index in [0.29, 0.717) is 6.54 Å². The van der Waals surface area contributed by atoms with E-state index in [1.165, 1.54) is 0 Å². The molecule has 9 heteroatoms. The largest absolute Gasteiger partial charge is 0.382 e. The van der Waals surface area contributed by atoms with Gasteiger partial charge < -0.3 is 24.4 Å². The summed E-state index contributed by atoms with van der Waals surface area (Å²) in [5.74, 6) is 2.65. The minimum Gasteiger partial charge on any atom is -0.382 e. The van der Waals surface area contributed by atoms with Gasteiger partial charge in [-0.3, -0.25) is 0 Å². The molecule has 0 radical (unpaired) electrons. The van der Waals surface area contributed by atoms with Crippen molar-refractivity contribution >= 4 is 23.2 Å². The van der Waals surface area contributed by atoms with Crippen LogP contribution in [0.4, 0.5) is 5.69 Å². The fourth-order valence-corrected chi connectivity index (χ4v) is 3.64. The molecule has 0 bridgehead atoms. The van der Waals surface area contributed by atoms with Gasteiger partial charge in [-0.25, -0.2) is 4.99 Å². The Morgan fingerprint density at radius 3 is 2.63 bits per heavy atom. The van der Waals surface area contributed by atoms with Gasteiger partial charge in [0.2, 0.25) is 0 Å². The fraction of sp³-hybridized carbons (Fsp3) is 0.571. The first-order valence-electron chi connectivity index (χ1n) is 10.6. The average Bonchev–Trinajstić information content (AvgIpc) is 3.08. The molecule has 1 aliphatic heterocycles. The third-order valence-corrected chi connectivity index (χ3v) is 5.60. The maximum Gasteiger partial charge on any atom is 0.194 e. The van der Waals surface area contributed by atoms with Crippen LogP contribution in [0.1, 0.15) is 25.0 Å². The summed E-state index contributed by atoms with van der Waals surface area (Å²) >= 11 is 6.38. The van der Waals surface area contributed by atoms with E-state index in [1.54, 1.807) is 0 Å². The Morgan fingerprint density at radius 2 is 1.97 bits per heavy atom. The van der Waals surface area contributed by atoms with Crippen LogP contribution >= 0.6 is 11.6 Å². The van der Waals surface area contributed by atoms with E-state index in [-0.39, 0.29) is 0 Å². The van der Waals surface area contributed by atoms with Crippen molar-refractivity contribution in [1.82, 2.24) is 25.0 Å². The topological polar surface area (TPSA) is 70.8 Å². The Bertz CT molecular complexity index is 831. The summed E-state index contributed by atoms with van der Waals surface area (Å²) in [6.45, 7) is 10.3. The Balaban J connectivity index is 1.63. The predicted molar refractivity (Wildman–Crippen MR) is 121 cm³/mol. The van der Waals surface area contributed by atoms with Crippen LogP contribution in [0.25, 0.3) is 0 Å². The smallest absolute Gasteiger partial charge is 0.194 e. The van der Waals surface area contributed by atoms with Crippen molar-refractivity contribution in [2.45, 2.75) is 26.8 Å². The number of aliphatic imine (C=N–C) groups is 1. The molecule has 1 aromatic heterocycles. The molecule has 1 saturated heterocycles. The van der Waals surface area contributed by atoms with Crippen molar-refractivity contribution < 1.29 is 4.74 Å². The monoisotopic (exact) mass is 433 g/mol. The van der Waals surface area contributed by atoms with Crippen LogP contribution in [0, 0.1) is 6.92 Å². The van der Waals surface area contributed by atoms with Crippen LogP contribution in [-0.4, -0.2) is 71.6 Å². The number of hydrogen-bond acceptors (Lipinski definition) is 5. The van der Waals surface area contributed by atoms with Gasteiger partial charge >= 0.3 is 0 Å². The molecule has 1 aromatic carbocycles. The lowest BCUT2D eigenvalue weighted by molar-refractivity contribution is 0.145. The summed E-state index contributed by atoms with van der Waals surface area (Å²) in [6.07, 6.45) is 0.940. The molecule has 0 amide bonds. The highest BCUT2D eigenvalue weighted by Gasteiger charge is 2.21. The van der Waals surface area contributed by atoms with Gasteiger partial charge in [0.15, 0.2) is 11.8 Å². The van der Waals surface area contributed by atoms with Gasteiger partial charge in [0, 0.05) is 53.0 Å². The second-order valence-electron chi connectivity index (χ2n) is 7.27. The highest BCUT2D eigenvalue weighted by atomic mass is 35.5. The van der Waals surface area contributed by atoms with Crippen LogP contribution in [0.2, 0.25) is 5.02 Å². The van der Waals surface area contributed by atoms with Crippen molar-refractivity contribution in [3.05, 3.63) is 40.9 Å². The number of rotatable bonds is 8. The molecule has 0 aliphatic carbocycles. The number of aromatic nitrogens is 3. The van der Waals surface area contributed by atoms with Crippen molar-refractivity contribution in [3.8, 4) is 0 Å². The minimum atomic E-state index is 0.496. The molecule has 3 rings (SSSR count). The standard InChI is InChI=1S/C21H32ClN7O/c1-4-30-15-7-10-23-21(24-16-20-26-25-17(2)27(20)3)29-13-11-28(12-14-29)19-9-6-5-8-18(19)22/h5-6,8-9H,4,7,10-16H2,1-3H3,(H,23,24). The second-order valence-corrected chi connectivity index (χ2v) is 7.67. The first-order valence-corrected chi connectivity index (χ1v) is 10.9. The summed E-state index contributed by atoms with van der Waals surface area (Å²) in [4.78, 5) is 9.48. The molecule has 1 fully saturated rings. The molecule has 0 saturated carbocycles. The summed E-state index contributed by atoms with van der Waals surface area (Å²) < 4.78 is 7.43. The predicted octanol–water partition coefficient (Wildman–Crippen LogP) is 2.47. The van der Waals surface area contributed by atoms with Gasteiger partial charge in [-0.1, -0.05) is 23.7 Å². The second kappa shape index (κ2) is 11.2. The number of benzene rings is 1. The molecule has 0 unspecified atom stereocenters. The van der Waals surface area contributed by atoms with E-state index in [4.69, 9.17) is 21.3 Å². The van der Waals surface area contributed by atoms with Gasteiger partial charge in [0.1, 0.15) is 12.4 Å². The number of anilines is 1. The number of ether oxygens (including phenoxy) is 1. The summed E-state index contributed by atoms with van der Waals surface area (Å²) in [5.41, 5.74) is 1.09. The number of guanidine groups is 1. The molecule has 164 valence electrons. The maximum absolute atomic E-state index is 6.38. The summed E-state index contributed by atoms with van der Waals surface area (Å²) in [5, 5.41) is 12.7. The highest BCUT2D eigenvalue weighted by Crippen LogP contribution is 2.26. The molecular weight excluding hydrogens is 402 g/mol. The van der Waals surface area contributed by atoms with Crippen molar-refractivity contribution in [1.29, 1.82) is 0 Å². The quantitative estimate of drug-likeness (QED) is 0.392. The fourth-order valence-electron chi connectivity index (χ4n) is 3.39. The van der Waals surface area contributed by atoms with Crippen LogP contribution in [0.15, 0.2) is 29.3 Å². The third kappa shape index (κ3) is 5.86. The number of nitrogens with zero attached hydrogens (tertiary/aromatic N) is 6. The van der Waals surface area contributed by atoms with E-state index in [0.717, 1.165) is 80.7 Å². The molecule has 1 aliphatic rings. The van der Waals surface area contributed by atoms with Crippen molar-refractivity contribution in [3.63, 3.8) is 0 Å². The minimum absolute atomic E-state index is 0.496. The first-order chi connectivity index (χ1) is 14.6. The van der Waals surface area contributed by atoms with E-state index in [9.17, 15) is 0 Å². The van der Waals surface area contributed by atoms with Crippen molar-refractivity contribution in [2.24, 2.45) is 12.0 Å². The van der Waals surface area contributed by atoms with Gasteiger partial charge in [0.05, 0.1) is 10.7 Å². The van der Waals surface area contributed by atoms with E-state index in [1.807, 2.05) is 43.7 Å². The molecule has 0 spiro atoms. The maximum atomic E-state index is 6.38. The summed E-state index contributed by atoms with van der Waals surface area (Å²) in [6, 6.07) is 8.02. The zero-order valence-electron chi connectivity index (χ0n) is 18.1. The average molecular weight is 434 g/mol. The Hall–Kier alpha value is -2.32. The zero-order chi connectivity index (χ0) is 21.3. The highest BCUT2D eigenvalue weighted by molar-refractivity contribution is 6.33. The van der Waals surface area contributed by atoms with E-state index in [2.05, 4.69) is 31.4 Å². The number of piperazine rings is 1. The van der Waals surface area contributed by atoms with Crippen LogP contribution in [0.5, 0.6) is 0 Å².